The molecule has 2 rings (SSSR count). The van der Waals surface area contributed by atoms with E-state index in [2.05, 4.69) is 30.1 Å². The number of benzene rings is 1. The van der Waals surface area contributed by atoms with Crippen LogP contribution in [0.1, 0.15) is 39.8 Å². The molecular formula is C13H22N2. The third kappa shape index (κ3) is 4.15. The molecule has 15 heavy (non-hydrogen) atoms. The van der Waals surface area contributed by atoms with E-state index < -0.39 is 0 Å². The summed E-state index contributed by atoms with van der Waals surface area (Å²) in [6.45, 7) is 10.3. The van der Waals surface area contributed by atoms with Crippen molar-refractivity contribution in [3.8, 4) is 0 Å². The van der Waals surface area contributed by atoms with Gasteiger partial charge in [-0.25, -0.2) is 0 Å². The van der Waals surface area contributed by atoms with Gasteiger partial charge in [0.15, 0.2) is 0 Å². The number of aromatic amines is 1. The van der Waals surface area contributed by atoms with E-state index in [0.29, 0.717) is 0 Å². The monoisotopic (exact) mass is 206 g/mol. The van der Waals surface area contributed by atoms with Crippen molar-refractivity contribution in [2.24, 2.45) is 0 Å². The minimum absolute atomic E-state index is 1.04. The molecule has 2 heteroatoms. The highest BCUT2D eigenvalue weighted by atomic mass is 15.1. The van der Waals surface area contributed by atoms with Crippen LogP contribution >= 0.6 is 0 Å². The quantitative estimate of drug-likeness (QED) is 0.683. The average molecular weight is 206 g/mol. The molecule has 2 nitrogen and oxygen atoms in total. The molecule has 84 valence electrons. The third-order valence-electron chi connectivity index (χ3n) is 1.65. The lowest BCUT2D eigenvalue weighted by Crippen LogP contribution is -1.67. The van der Waals surface area contributed by atoms with Crippen molar-refractivity contribution in [2.45, 2.75) is 41.0 Å². The van der Waals surface area contributed by atoms with E-state index in [-0.39, 0.29) is 0 Å². The lowest BCUT2D eigenvalue weighted by Gasteiger charge is -1.84. The van der Waals surface area contributed by atoms with Gasteiger partial charge in [0.25, 0.3) is 0 Å². The fourth-order valence-corrected chi connectivity index (χ4v) is 1.09. The second-order valence-corrected chi connectivity index (χ2v) is 3.07. The smallest absolute Gasteiger partial charge is 0.0923 e. The Labute approximate surface area is 92.7 Å². The van der Waals surface area contributed by atoms with Crippen molar-refractivity contribution in [3.63, 3.8) is 0 Å². The number of nitrogens with one attached hydrogen (secondary N) is 1. The molecule has 0 unspecified atom stereocenters. The highest BCUT2D eigenvalue weighted by molar-refractivity contribution is 5.80. The predicted molar refractivity (Wildman–Crippen MR) is 68.1 cm³/mol. The average Bonchev–Trinajstić information content (AvgIpc) is 2.65. The zero-order chi connectivity index (χ0) is 11.7. The Balaban J connectivity index is 0.000000342. The van der Waals surface area contributed by atoms with Crippen LogP contribution in [0.4, 0.5) is 0 Å². The molecule has 0 aliphatic carbocycles. The number of fused-ring (bicyclic) bond motifs is 1. The Bertz CT molecular complexity index is 363. The molecule has 0 bridgehead atoms. The molecule has 1 N–H and O–H groups in total. The van der Waals surface area contributed by atoms with Crippen molar-refractivity contribution in [2.75, 3.05) is 0 Å². The maximum atomic E-state index is 4.09. The first-order valence-corrected chi connectivity index (χ1v) is 5.69. The number of H-pyrrole nitrogens is 1. The van der Waals surface area contributed by atoms with Gasteiger partial charge in [-0.05, 0) is 13.0 Å². The lowest BCUT2D eigenvalue weighted by molar-refractivity contribution is 1.07. The van der Waals surface area contributed by atoms with Crippen LogP contribution in [0.2, 0.25) is 0 Å². The summed E-state index contributed by atoms with van der Waals surface area (Å²) >= 11 is 0. The minimum Gasteiger partial charge on any atom is -0.282 e. The summed E-state index contributed by atoms with van der Waals surface area (Å²) in [5, 5.41) is 8.23. The number of hydrogen-bond acceptors (Lipinski definition) is 1. The van der Waals surface area contributed by atoms with E-state index in [0.717, 1.165) is 11.2 Å². The molecule has 0 saturated heterocycles. The molecule has 0 radical (unpaired) electrons. The Morgan fingerprint density at radius 3 is 2.20 bits per heavy atom. The maximum absolute atomic E-state index is 4.09. The molecule has 2 aromatic rings. The van der Waals surface area contributed by atoms with Crippen LogP contribution in [0, 0.1) is 6.92 Å². The van der Waals surface area contributed by atoms with Gasteiger partial charge in [0.1, 0.15) is 0 Å². The SMILES string of the molecule is CC.CCC.Cc1[nH]nc2ccccc12. The molecular weight excluding hydrogens is 184 g/mol. The molecule has 0 aliphatic rings. The van der Waals surface area contributed by atoms with Gasteiger partial charge in [0.05, 0.1) is 5.52 Å². The highest BCUT2D eigenvalue weighted by Crippen LogP contribution is 2.12. The number of nitrogens with zero attached hydrogens (tertiary/aromatic N) is 1. The van der Waals surface area contributed by atoms with Crippen LogP contribution < -0.4 is 0 Å². The first-order valence-electron chi connectivity index (χ1n) is 5.69. The number of aryl methyl sites for hydroxylation is 1. The van der Waals surface area contributed by atoms with Gasteiger partial charge < -0.3 is 0 Å². The molecule has 0 spiro atoms. The summed E-state index contributed by atoms with van der Waals surface area (Å²) in [4.78, 5) is 0. The summed E-state index contributed by atoms with van der Waals surface area (Å²) < 4.78 is 0. The van der Waals surface area contributed by atoms with E-state index in [9.17, 15) is 0 Å². The maximum Gasteiger partial charge on any atom is 0.0923 e. The molecule has 1 aromatic carbocycles. The van der Waals surface area contributed by atoms with E-state index >= 15 is 0 Å². The van der Waals surface area contributed by atoms with Crippen LogP contribution in [0.3, 0.4) is 0 Å². The third-order valence-corrected chi connectivity index (χ3v) is 1.65. The molecule has 1 aromatic heterocycles. The molecule has 0 saturated carbocycles. The Morgan fingerprint density at radius 1 is 1.13 bits per heavy atom. The number of hydrogen-bond donors (Lipinski definition) is 1. The largest absolute Gasteiger partial charge is 0.282 e. The zero-order valence-corrected chi connectivity index (χ0v) is 10.5. The first kappa shape index (κ1) is 13.7. The molecule has 0 amide bonds. The summed E-state index contributed by atoms with van der Waals surface area (Å²) in [5.41, 5.74) is 2.18. The van der Waals surface area contributed by atoms with Gasteiger partial charge in [-0.15, -0.1) is 0 Å². The predicted octanol–water partition coefficient (Wildman–Crippen LogP) is 4.31. The second kappa shape index (κ2) is 8.04. The molecule has 0 atom stereocenters. The highest BCUT2D eigenvalue weighted by Gasteiger charge is 1.96. The summed E-state index contributed by atoms with van der Waals surface area (Å²) in [6, 6.07) is 8.07. The van der Waals surface area contributed by atoms with Crippen LogP contribution in [-0.2, 0) is 0 Å². The summed E-state index contributed by atoms with van der Waals surface area (Å²) in [5.74, 6) is 0. The number of rotatable bonds is 0. The summed E-state index contributed by atoms with van der Waals surface area (Å²) in [6.07, 6.45) is 1.25. The normalized spacial score (nSPS) is 8.60. The fraction of sp³-hybridized carbons (Fsp3) is 0.462. The topological polar surface area (TPSA) is 28.7 Å². The van der Waals surface area contributed by atoms with E-state index in [4.69, 9.17) is 0 Å². The lowest BCUT2D eigenvalue weighted by atomic mass is 10.2. The first-order chi connectivity index (χ1) is 7.29. The Morgan fingerprint density at radius 2 is 1.67 bits per heavy atom. The Hall–Kier alpha value is -1.31. The van der Waals surface area contributed by atoms with Crippen LogP contribution in [0.15, 0.2) is 24.3 Å². The van der Waals surface area contributed by atoms with Crippen LogP contribution in [-0.4, -0.2) is 10.2 Å². The van der Waals surface area contributed by atoms with Gasteiger partial charge in [-0.3, -0.25) is 5.10 Å². The van der Waals surface area contributed by atoms with Crippen LogP contribution in [0.25, 0.3) is 10.9 Å². The van der Waals surface area contributed by atoms with Gasteiger partial charge in [-0.2, -0.15) is 5.10 Å². The van der Waals surface area contributed by atoms with E-state index in [1.54, 1.807) is 0 Å². The number of para-hydroxylation sites is 1. The summed E-state index contributed by atoms with van der Waals surface area (Å²) in [7, 11) is 0. The molecule has 0 fully saturated rings. The molecule has 0 aliphatic heterocycles. The van der Waals surface area contributed by atoms with Gasteiger partial charge in [0, 0.05) is 11.1 Å². The molecule has 1 heterocycles. The second-order valence-electron chi connectivity index (χ2n) is 3.07. The van der Waals surface area contributed by atoms with Crippen LogP contribution in [0.5, 0.6) is 0 Å². The standard InChI is InChI=1S/C8H8N2.C3H8.C2H6/c1-6-7-4-2-3-5-8(7)10-9-6;1-3-2;1-2/h2-5H,1H3,(H,9,10);3H2,1-2H3;1-2H3. The van der Waals surface area contributed by atoms with E-state index in [1.807, 2.05) is 39.0 Å². The van der Waals surface area contributed by atoms with Gasteiger partial charge in [-0.1, -0.05) is 52.3 Å². The van der Waals surface area contributed by atoms with E-state index in [1.165, 1.54) is 11.8 Å². The minimum atomic E-state index is 1.04. The van der Waals surface area contributed by atoms with Crippen molar-refractivity contribution in [1.29, 1.82) is 0 Å². The van der Waals surface area contributed by atoms with Gasteiger partial charge >= 0.3 is 0 Å². The van der Waals surface area contributed by atoms with Crippen molar-refractivity contribution in [3.05, 3.63) is 30.0 Å². The number of aromatic nitrogens is 2. The Kier molecular flexibility index (Phi) is 7.33. The van der Waals surface area contributed by atoms with Gasteiger partial charge in [0.2, 0.25) is 0 Å². The van der Waals surface area contributed by atoms with Crippen molar-refractivity contribution >= 4 is 10.9 Å². The van der Waals surface area contributed by atoms with Crippen molar-refractivity contribution < 1.29 is 0 Å². The fourth-order valence-electron chi connectivity index (χ4n) is 1.09. The zero-order valence-electron chi connectivity index (χ0n) is 10.5. The van der Waals surface area contributed by atoms with Crippen molar-refractivity contribution in [1.82, 2.24) is 10.2 Å².